The molecule has 1 unspecified atom stereocenters. The van der Waals surface area contributed by atoms with Crippen molar-refractivity contribution in [3.8, 4) is 0 Å². The largest absolute Gasteiger partial charge is 0.373 e. The smallest absolute Gasteiger partial charge is 0.0602 e. The summed E-state index contributed by atoms with van der Waals surface area (Å²) in [7, 11) is 0. The highest BCUT2D eigenvalue weighted by Gasteiger charge is 2.17. The van der Waals surface area contributed by atoms with Gasteiger partial charge in [-0.1, -0.05) is 33.1 Å². The zero-order valence-corrected chi connectivity index (χ0v) is 10.0. The first-order chi connectivity index (χ1) is 5.99. The van der Waals surface area contributed by atoms with Gasteiger partial charge in [0.1, 0.15) is 0 Å². The molecule has 0 bridgehead atoms. The van der Waals surface area contributed by atoms with Crippen molar-refractivity contribution in [2.24, 2.45) is 0 Å². The first-order valence-electron chi connectivity index (χ1n) is 5.67. The van der Waals surface area contributed by atoms with Crippen LogP contribution in [0.5, 0.6) is 0 Å². The molecule has 1 nitrogen and oxygen atoms in total. The van der Waals surface area contributed by atoms with Crippen LogP contribution in [0.15, 0.2) is 0 Å². The van der Waals surface area contributed by atoms with Crippen molar-refractivity contribution >= 4 is 0 Å². The van der Waals surface area contributed by atoms with Crippen LogP contribution >= 0.6 is 0 Å². The Hall–Kier alpha value is -0.0400. The molecule has 0 aromatic rings. The standard InChI is InChI=1S/C12H26O/c1-6-8-10-11(9-7-2)13-12(3,4)5/h11H,6-10H2,1-5H3. The van der Waals surface area contributed by atoms with Gasteiger partial charge in [0.2, 0.25) is 0 Å². The van der Waals surface area contributed by atoms with Crippen molar-refractivity contribution in [2.75, 3.05) is 0 Å². The molecule has 0 radical (unpaired) electrons. The maximum Gasteiger partial charge on any atom is 0.0602 e. The van der Waals surface area contributed by atoms with Crippen molar-refractivity contribution in [3.63, 3.8) is 0 Å². The molecule has 1 heteroatoms. The van der Waals surface area contributed by atoms with E-state index in [1.165, 1.54) is 32.1 Å². The summed E-state index contributed by atoms with van der Waals surface area (Å²) in [5.74, 6) is 0. The zero-order valence-electron chi connectivity index (χ0n) is 10.0. The normalized spacial score (nSPS) is 14.5. The first kappa shape index (κ1) is 13.0. The summed E-state index contributed by atoms with van der Waals surface area (Å²) in [6.45, 7) is 10.9. The van der Waals surface area contributed by atoms with Gasteiger partial charge in [0.15, 0.2) is 0 Å². The van der Waals surface area contributed by atoms with Crippen molar-refractivity contribution in [2.45, 2.75) is 78.4 Å². The van der Waals surface area contributed by atoms with Crippen LogP contribution in [-0.4, -0.2) is 11.7 Å². The maximum atomic E-state index is 5.98. The second-order valence-corrected chi connectivity index (χ2v) is 4.78. The average Bonchev–Trinajstić information content (AvgIpc) is 1.98. The maximum absolute atomic E-state index is 5.98. The molecule has 0 fully saturated rings. The van der Waals surface area contributed by atoms with Crippen molar-refractivity contribution in [1.29, 1.82) is 0 Å². The van der Waals surface area contributed by atoms with E-state index in [0.717, 1.165) is 0 Å². The third-order valence-electron chi connectivity index (χ3n) is 2.01. The summed E-state index contributed by atoms with van der Waals surface area (Å²) in [5.41, 5.74) is 0.0214. The average molecular weight is 186 g/mol. The molecule has 0 aliphatic rings. The summed E-state index contributed by atoms with van der Waals surface area (Å²) < 4.78 is 5.98. The minimum Gasteiger partial charge on any atom is -0.373 e. The molecular formula is C12H26O. The van der Waals surface area contributed by atoms with Gasteiger partial charge < -0.3 is 4.74 Å². The Kier molecular flexibility index (Phi) is 6.40. The minimum absolute atomic E-state index is 0.0214. The molecule has 0 saturated carbocycles. The van der Waals surface area contributed by atoms with Gasteiger partial charge in [-0.15, -0.1) is 0 Å². The molecule has 13 heavy (non-hydrogen) atoms. The summed E-state index contributed by atoms with van der Waals surface area (Å²) >= 11 is 0. The van der Waals surface area contributed by atoms with Crippen LogP contribution in [0.4, 0.5) is 0 Å². The number of hydrogen-bond acceptors (Lipinski definition) is 1. The minimum atomic E-state index is 0.0214. The summed E-state index contributed by atoms with van der Waals surface area (Å²) in [6, 6.07) is 0. The third kappa shape index (κ3) is 8.29. The van der Waals surface area contributed by atoms with Gasteiger partial charge in [0.25, 0.3) is 0 Å². The predicted octanol–water partition coefficient (Wildman–Crippen LogP) is 4.16. The van der Waals surface area contributed by atoms with Crippen LogP contribution in [0, 0.1) is 0 Å². The van der Waals surface area contributed by atoms with E-state index in [9.17, 15) is 0 Å². The molecule has 0 aliphatic heterocycles. The van der Waals surface area contributed by atoms with Crippen molar-refractivity contribution in [1.82, 2.24) is 0 Å². The number of hydrogen-bond donors (Lipinski definition) is 0. The Morgan fingerprint density at radius 1 is 1.00 bits per heavy atom. The second-order valence-electron chi connectivity index (χ2n) is 4.78. The first-order valence-corrected chi connectivity index (χ1v) is 5.67. The number of unbranched alkanes of at least 4 members (excludes halogenated alkanes) is 1. The molecule has 0 rings (SSSR count). The van der Waals surface area contributed by atoms with Gasteiger partial charge in [0, 0.05) is 0 Å². The lowest BCUT2D eigenvalue weighted by Crippen LogP contribution is -2.27. The molecule has 0 spiro atoms. The van der Waals surface area contributed by atoms with Gasteiger partial charge >= 0.3 is 0 Å². The lowest BCUT2D eigenvalue weighted by molar-refractivity contribution is -0.0669. The highest BCUT2D eigenvalue weighted by atomic mass is 16.5. The zero-order chi connectivity index (χ0) is 10.3. The highest BCUT2D eigenvalue weighted by molar-refractivity contribution is 4.66. The monoisotopic (exact) mass is 186 g/mol. The molecule has 80 valence electrons. The van der Waals surface area contributed by atoms with Crippen LogP contribution in [0.1, 0.15) is 66.7 Å². The lowest BCUT2D eigenvalue weighted by Gasteiger charge is -2.27. The molecule has 0 aromatic heterocycles. The Balaban J connectivity index is 3.79. The Morgan fingerprint density at radius 2 is 1.62 bits per heavy atom. The Morgan fingerprint density at radius 3 is 2.00 bits per heavy atom. The van der Waals surface area contributed by atoms with Crippen LogP contribution in [-0.2, 0) is 4.74 Å². The molecule has 0 amide bonds. The van der Waals surface area contributed by atoms with E-state index in [2.05, 4.69) is 34.6 Å². The van der Waals surface area contributed by atoms with Crippen molar-refractivity contribution < 1.29 is 4.74 Å². The SMILES string of the molecule is CCCCC(CCC)OC(C)(C)C. The fourth-order valence-corrected chi connectivity index (χ4v) is 1.52. The fraction of sp³-hybridized carbons (Fsp3) is 1.00. The molecule has 0 heterocycles. The van der Waals surface area contributed by atoms with E-state index in [0.29, 0.717) is 6.10 Å². The van der Waals surface area contributed by atoms with Gasteiger partial charge in [-0.3, -0.25) is 0 Å². The van der Waals surface area contributed by atoms with E-state index < -0.39 is 0 Å². The van der Waals surface area contributed by atoms with Gasteiger partial charge in [-0.2, -0.15) is 0 Å². The van der Waals surface area contributed by atoms with Gasteiger partial charge in [-0.25, -0.2) is 0 Å². The number of ether oxygens (including phenoxy) is 1. The molecule has 0 aliphatic carbocycles. The van der Waals surface area contributed by atoms with E-state index >= 15 is 0 Å². The molecule has 1 atom stereocenters. The summed E-state index contributed by atoms with van der Waals surface area (Å²) in [4.78, 5) is 0. The molecular weight excluding hydrogens is 160 g/mol. The Bertz CT molecular complexity index is 113. The molecule has 0 saturated heterocycles. The van der Waals surface area contributed by atoms with Crippen LogP contribution in [0.2, 0.25) is 0 Å². The topological polar surface area (TPSA) is 9.23 Å². The second kappa shape index (κ2) is 6.42. The molecule has 0 aromatic carbocycles. The lowest BCUT2D eigenvalue weighted by atomic mass is 10.1. The van der Waals surface area contributed by atoms with Crippen molar-refractivity contribution in [3.05, 3.63) is 0 Å². The third-order valence-corrected chi connectivity index (χ3v) is 2.01. The number of rotatable bonds is 6. The van der Waals surface area contributed by atoms with E-state index in [1.807, 2.05) is 0 Å². The van der Waals surface area contributed by atoms with E-state index in [4.69, 9.17) is 4.74 Å². The summed E-state index contributed by atoms with van der Waals surface area (Å²) in [5, 5.41) is 0. The van der Waals surface area contributed by atoms with Gasteiger partial charge in [0.05, 0.1) is 11.7 Å². The fourth-order valence-electron chi connectivity index (χ4n) is 1.52. The van der Waals surface area contributed by atoms with E-state index in [1.54, 1.807) is 0 Å². The highest BCUT2D eigenvalue weighted by Crippen LogP contribution is 2.18. The van der Waals surface area contributed by atoms with Crippen LogP contribution in [0.25, 0.3) is 0 Å². The van der Waals surface area contributed by atoms with Gasteiger partial charge in [-0.05, 0) is 33.6 Å². The van der Waals surface area contributed by atoms with Crippen LogP contribution < -0.4 is 0 Å². The van der Waals surface area contributed by atoms with E-state index in [-0.39, 0.29) is 5.60 Å². The van der Waals surface area contributed by atoms with Crippen LogP contribution in [0.3, 0.4) is 0 Å². The Labute approximate surface area is 83.9 Å². The predicted molar refractivity (Wildman–Crippen MR) is 59.1 cm³/mol. The quantitative estimate of drug-likeness (QED) is 0.605. The molecule has 0 N–H and O–H groups in total. The summed E-state index contributed by atoms with van der Waals surface area (Å²) in [6.07, 6.45) is 6.70.